The SMILES string of the molecule is CC(CCN)N1CC(C2CCCC2)N(C)C1=O. The van der Waals surface area contributed by atoms with Crippen molar-refractivity contribution >= 4 is 6.03 Å². The summed E-state index contributed by atoms with van der Waals surface area (Å²) >= 11 is 0. The van der Waals surface area contributed by atoms with E-state index in [0.717, 1.165) is 18.9 Å². The maximum absolute atomic E-state index is 12.2. The fourth-order valence-corrected chi connectivity index (χ4v) is 3.32. The molecule has 1 aliphatic heterocycles. The molecule has 2 aliphatic rings. The summed E-state index contributed by atoms with van der Waals surface area (Å²) in [6, 6.07) is 0.912. The van der Waals surface area contributed by atoms with Gasteiger partial charge in [-0.3, -0.25) is 0 Å². The van der Waals surface area contributed by atoms with Crippen LogP contribution in [0.2, 0.25) is 0 Å². The van der Waals surface area contributed by atoms with E-state index < -0.39 is 0 Å². The Morgan fingerprint density at radius 3 is 2.65 bits per heavy atom. The fraction of sp³-hybridized carbons (Fsp3) is 0.923. The summed E-state index contributed by atoms with van der Waals surface area (Å²) in [6.45, 7) is 3.67. The van der Waals surface area contributed by atoms with Crippen LogP contribution < -0.4 is 5.73 Å². The Hall–Kier alpha value is -0.770. The monoisotopic (exact) mass is 239 g/mol. The molecule has 2 rings (SSSR count). The van der Waals surface area contributed by atoms with E-state index in [-0.39, 0.29) is 12.1 Å². The summed E-state index contributed by atoms with van der Waals surface area (Å²) in [5.41, 5.74) is 5.58. The van der Waals surface area contributed by atoms with Gasteiger partial charge in [0.1, 0.15) is 0 Å². The van der Waals surface area contributed by atoms with Crippen LogP contribution in [0.3, 0.4) is 0 Å². The number of likely N-dealkylation sites (N-methyl/N-ethyl adjacent to an activating group) is 1. The molecule has 17 heavy (non-hydrogen) atoms. The van der Waals surface area contributed by atoms with Crippen molar-refractivity contribution in [3.8, 4) is 0 Å². The largest absolute Gasteiger partial charge is 0.330 e. The summed E-state index contributed by atoms with van der Waals surface area (Å²) in [5.74, 6) is 0.721. The third-order valence-electron chi connectivity index (χ3n) is 4.49. The van der Waals surface area contributed by atoms with Crippen LogP contribution in [0.1, 0.15) is 39.0 Å². The van der Waals surface area contributed by atoms with Gasteiger partial charge in [0.2, 0.25) is 0 Å². The van der Waals surface area contributed by atoms with Gasteiger partial charge in [-0.15, -0.1) is 0 Å². The Bertz CT molecular complexity index is 276. The molecular formula is C13H25N3O. The molecule has 4 nitrogen and oxygen atoms in total. The Morgan fingerprint density at radius 1 is 1.41 bits per heavy atom. The highest BCUT2D eigenvalue weighted by atomic mass is 16.2. The molecule has 1 saturated carbocycles. The topological polar surface area (TPSA) is 49.6 Å². The Labute approximate surface area is 104 Å². The molecule has 98 valence electrons. The zero-order valence-corrected chi connectivity index (χ0v) is 11.1. The Balaban J connectivity index is 2.00. The lowest BCUT2D eigenvalue weighted by Gasteiger charge is -2.23. The summed E-state index contributed by atoms with van der Waals surface area (Å²) in [6.07, 6.45) is 6.16. The number of nitrogens with two attached hydrogens (primary N) is 1. The van der Waals surface area contributed by atoms with E-state index in [0.29, 0.717) is 12.6 Å². The molecule has 0 aromatic rings. The van der Waals surface area contributed by atoms with Gasteiger partial charge in [0.05, 0.1) is 6.04 Å². The van der Waals surface area contributed by atoms with Crippen LogP contribution in [0, 0.1) is 5.92 Å². The van der Waals surface area contributed by atoms with Crippen LogP contribution in [0.15, 0.2) is 0 Å². The van der Waals surface area contributed by atoms with Gasteiger partial charge in [-0.2, -0.15) is 0 Å². The first-order valence-corrected chi connectivity index (χ1v) is 6.88. The van der Waals surface area contributed by atoms with Crippen LogP contribution in [-0.4, -0.2) is 48.1 Å². The first-order chi connectivity index (χ1) is 8.15. The van der Waals surface area contributed by atoms with Gasteiger partial charge in [-0.05, 0) is 38.6 Å². The minimum absolute atomic E-state index is 0.197. The van der Waals surface area contributed by atoms with Crippen LogP contribution in [0.5, 0.6) is 0 Å². The molecule has 0 bridgehead atoms. The number of hydrogen-bond acceptors (Lipinski definition) is 2. The van der Waals surface area contributed by atoms with E-state index in [1.807, 2.05) is 16.8 Å². The van der Waals surface area contributed by atoms with Crippen molar-refractivity contribution in [2.24, 2.45) is 11.7 Å². The minimum atomic E-state index is 0.197. The molecule has 2 amide bonds. The molecule has 2 N–H and O–H groups in total. The molecule has 0 aromatic carbocycles. The standard InChI is InChI=1S/C13H25N3O/c1-10(7-8-14)16-9-12(15(2)13(16)17)11-5-3-4-6-11/h10-12H,3-9,14H2,1-2H3. The third-order valence-corrected chi connectivity index (χ3v) is 4.49. The van der Waals surface area contributed by atoms with Crippen LogP contribution in [0.25, 0.3) is 0 Å². The second-order valence-electron chi connectivity index (χ2n) is 5.58. The summed E-state index contributed by atoms with van der Waals surface area (Å²) in [4.78, 5) is 16.2. The van der Waals surface area contributed by atoms with Crippen molar-refractivity contribution in [3.05, 3.63) is 0 Å². The van der Waals surface area contributed by atoms with Gasteiger partial charge in [-0.1, -0.05) is 12.8 Å². The van der Waals surface area contributed by atoms with Gasteiger partial charge in [0.15, 0.2) is 0 Å². The molecule has 0 aromatic heterocycles. The maximum atomic E-state index is 12.2. The smallest absolute Gasteiger partial charge is 0.320 e. The lowest BCUT2D eigenvalue weighted by Crippen LogP contribution is -2.37. The molecule has 2 unspecified atom stereocenters. The van der Waals surface area contributed by atoms with E-state index in [9.17, 15) is 4.79 Å². The van der Waals surface area contributed by atoms with Crippen molar-refractivity contribution in [1.29, 1.82) is 0 Å². The second-order valence-corrected chi connectivity index (χ2v) is 5.58. The van der Waals surface area contributed by atoms with Crippen molar-refractivity contribution in [3.63, 3.8) is 0 Å². The molecule has 1 heterocycles. The number of hydrogen-bond donors (Lipinski definition) is 1. The zero-order chi connectivity index (χ0) is 12.4. The van der Waals surface area contributed by atoms with Crippen molar-refractivity contribution in [1.82, 2.24) is 9.80 Å². The summed E-state index contributed by atoms with van der Waals surface area (Å²) < 4.78 is 0. The van der Waals surface area contributed by atoms with E-state index in [2.05, 4.69) is 6.92 Å². The van der Waals surface area contributed by atoms with Crippen LogP contribution >= 0.6 is 0 Å². The molecule has 1 saturated heterocycles. The minimum Gasteiger partial charge on any atom is -0.330 e. The van der Waals surface area contributed by atoms with Crippen molar-refractivity contribution in [2.45, 2.75) is 51.1 Å². The summed E-state index contributed by atoms with van der Waals surface area (Å²) in [5, 5.41) is 0. The van der Waals surface area contributed by atoms with E-state index in [4.69, 9.17) is 5.73 Å². The fourth-order valence-electron chi connectivity index (χ4n) is 3.32. The first kappa shape index (κ1) is 12.7. The van der Waals surface area contributed by atoms with E-state index >= 15 is 0 Å². The molecule has 2 fully saturated rings. The van der Waals surface area contributed by atoms with Gasteiger partial charge in [0.25, 0.3) is 0 Å². The number of urea groups is 1. The average Bonchev–Trinajstić information content (AvgIpc) is 2.90. The molecule has 4 heteroatoms. The normalized spacial score (nSPS) is 28.2. The third kappa shape index (κ3) is 2.41. The molecule has 2 atom stereocenters. The molecular weight excluding hydrogens is 214 g/mol. The lowest BCUT2D eigenvalue weighted by atomic mass is 9.98. The van der Waals surface area contributed by atoms with E-state index in [1.54, 1.807) is 0 Å². The molecule has 0 radical (unpaired) electrons. The number of nitrogens with zero attached hydrogens (tertiary/aromatic N) is 2. The lowest BCUT2D eigenvalue weighted by molar-refractivity contribution is 0.180. The van der Waals surface area contributed by atoms with E-state index in [1.165, 1.54) is 25.7 Å². The molecule has 1 aliphatic carbocycles. The highest BCUT2D eigenvalue weighted by Gasteiger charge is 2.41. The highest BCUT2D eigenvalue weighted by Crippen LogP contribution is 2.33. The maximum Gasteiger partial charge on any atom is 0.320 e. The Kier molecular flexibility index (Phi) is 3.92. The molecule has 0 spiro atoms. The summed E-state index contributed by atoms with van der Waals surface area (Å²) in [7, 11) is 1.96. The van der Waals surface area contributed by atoms with Gasteiger partial charge in [0, 0.05) is 19.6 Å². The van der Waals surface area contributed by atoms with Crippen LogP contribution in [-0.2, 0) is 0 Å². The Morgan fingerprint density at radius 2 is 2.06 bits per heavy atom. The number of rotatable bonds is 4. The predicted molar refractivity (Wildman–Crippen MR) is 68.7 cm³/mol. The predicted octanol–water partition coefficient (Wildman–Crippen LogP) is 1.65. The van der Waals surface area contributed by atoms with Crippen molar-refractivity contribution in [2.75, 3.05) is 20.1 Å². The highest BCUT2D eigenvalue weighted by molar-refractivity contribution is 5.77. The van der Waals surface area contributed by atoms with Gasteiger partial charge in [-0.25, -0.2) is 4.79 Å². The van der Waals surface area contributed by atoms with Gasteiger partial charge >= 0.3 is 6.03 Å². The van der Waals surface area contributed by atoms with Gasteiger partial charge < -0.3 is 15.5 Å². The quantitative estimate of drug-likeness (QED) is 0.811. The zero-order valence-electron chi connectivity index (χ0n) is 11.1. The second kappa shape index (κ2) is 5.25. The van der Waals surface area contributed by atoms with Crippen molar-refractivity contribution < 1.29 is 4.79 Å². The number of carbonyl (C=O) groups is 1. The number of amides is 2. The number of carbonyl (C=O) groups excluding carboxylic acids is 1. The van der Waals surface area contributed by atoms with Crippen LogP contribution in [0.4, 0.5) is 4.79 Å². The first-order valence-electron chi connectivity index (χ1n) is 6.88. The average molecular weight is 239 g/mol.